The Balaban J connectivity index is 2.57. The van der Waals surface area contributed by atoms with Crippen molar-refractivity contribution in [3.8, 4) is 11.8 Å². The molecule has 0 aromatic heterocycles. The van der Waals surface area contributed by atoms with Crippen molar-refractivity contribution < 1.29 is 13.9 Å². The summed E-state index contributed by atoms with van der Waals surface area (Å²) in [6.45, 7) is 4.28. The molecule has 1 rings (SSSR count). The molecule has 0 saturated heterocycles. The van der Waals surface area contributed by atoms with E-state index in [2.05, 4.69) is 0 Å². The molecule has 0 atom stereocenters. The van der Waals surface area contributed by atoms with Gasteiger partial charge in [0.05, 0.1) is 12.5 Å². The topological polar surface area (TPSA) is 53.3 Å². The first-order valence-electron chi connectivity index (χ1n) is 6.12. The number of ether oxygens (including phenoxy) is 1. The van der Waals surface area contributed by atoms with Gasteiger partial charge in [-0.05, 0) is 31.5 Å². The largest absolute Gasteiger partial charge is 0.481 e. The van der Waals surface area contributed by atoms with E-state index in [0.29, 0.717) is 13.1 Å². The number of amides is 1. The van der Waals surface area contributed by atoms with Gasteiger partial charge in [-0.25, -0.2) is 4.39 Å². The zero-order valence-corrected chi connectivity index (χ0v) is 11.1. The van der Waals surface area contributed by atoms with E-state index in [1.165, 1.54) is 11.0 Å². The lowest BCUT2D eigenvalue weighted by molar-refractivity contribution is -0.133. The van der Waals surface area contributed by atoms with Gasteiger partial charge < -0.3 is 9.64 Å². The summed E-state index contributed by atoms with van der Waals surface area (Å²) in [4.78, 5) is 13.3. The van der Waals surface area contributed by atoms with E-state index in [1.54, 1.807) is 12.1 Å². The van der Waals surface area contributed by atoms with Crippen molar-refractivity contribution >= 4 is 5.91 Å². The van der Waals surface area contributed by atoms with Gasteiger partial charge in [-0.15, -0.1) is 0 Å². The fraction of sp³-hybridized carbons (Fsp3) is 0.429. The second kappa shape index (κ2) is 7.37. The molecular weight excluding hydrogens is 247 g/mol. The van der Waals surface area contributed by atoms with Crippen molar-refractivity contribution in [2.24, 2.45) is 0 Å². The van der Waals surface area contributed by atoms with Gasteiger partial charge in [0.25, 0.3) is 5.91 Å². The summed E-state index contributed by atoms with van der Waals surface area (Å²) >= 11 is 0. The predicted molar refractivity (Wildman–Crippen MR) is 69.1 cm³/mol. The van der Waals surface area contributed by atoms with Gasteiger partial charge in [0.15, 0.2) is 18.2 Å². The number of benzene rings is 1. The minimum atomic E-state index is -0.488. The van der Waals surface area contributed by atoms with Crippen molar-refractivity contribution in [3.63, 3.8) is 0 Å². The number of halogens is 1. The summed E-state index contributed by atoms with van der Waals surface area (Å²) in [5.74, 6) is -0.665. The highest BCUT2D eigenvalue weighted by atomic mass is 19.1. The number of likely N-dealkylation sites (N-methyl/N-ethyl adjacent to an activating group) is 1. The first kappa shape index (κ1) is 15.0. The molecule has 0 fully saturated rings. The molecule has 0 aliphatic heterocycles. The molecule has 1 aromatic rings. The van der Waals surface area contributed by atoms with E-state index < -0.39 is 5.82 Å². The third kappa shape index (κ3) is 4.59. The lowest BCUT2D eigenvalue weighted by Gasteiger charge is -2.19. The highest BCUT2D eigenvalue weighted by molar-refractivity contribution is 5.77. The molecule has 102 valence electrons. The summed E-state index contributed by atoms with van der Waals surface area (Å²) in [5, 5.41) is 8.50. The van der Waals surface area contributed by atoms with E-state index in [9.17, 15) is 9.18 Å². The smallest absolute Gasteiger partial charge is 0.260 e. The Morgan fingerprint density at radius 3 is 2.89 bits per heavy atom. The number of aryl methyl sites for hydroxylation is 1. The molecule has 0 N–H and O–H groups in total. The van der Waals surface area contributed by atoms with E-state index in [4.69, 9.17) is 10.00 Å². The summed E-state index contributed by atoms with van der Waals surface area (Å²) in [6, 6.07) is 6.47. The summed E-state index contributed by atoms with van der Waals surface area (Å²) in [5.41, 5.74) is 0.862. The minimum absolute atomic E-state index is 0.0738. The van der Waals surface area contributed by atoms with E-state index in [-0.39, 0.29) is 24.7 Å². The van der Waals surface area contributed by atoms with Crippen molar-refractivity contribution in [2.75, 3.05) is 19.7 Å². The molecule has 1 aromatic carbocycles. The number of hydrogen-bond acceptors (Lipinski definition) is 3. The normalized spacial score (nSPS) is 9.79. The monoisotopic (exact) mass is 264 g/mol. The van der Waals surface area contributed by atoms with Crippen LogP contribution in [0.15, 0.2) is 18.2 Å². The lowest BCUT2D eigenvalue weighted by atomic mass is 10.2. The van der Waals surface area contributed by atoms with Crippen LogP contribution in [-0.2, 0) is 4.79 Å². The first-order valence-corrected chi connectivity index (χ1v) is 6.12. The van der Waals surface area contributed by atoms with Crippen LogP contribution in [0.4, 0.5) is 4.39 Å². The van der Waals surface area contributed by atoms with Gasteiger partial charge in [-0.2, -0.15) is 5.26 Å². The number of hydrogen-bond donors (Lipinski definition) is 0. The Kier molecular flexibility index (Phi) is 5.80. The molecule has 0 aliphatic rings. The molecule has 0 bridgehead atoms. The van der Waals surface area contributed by atoms with Crippen LogP contribution in [0.1, 0.15) is 18.9 Å². The average Bonchev–Trinajstić information content (AvgIpc) is 2.40. The fourth-order valence-electron chi connectivity index (χ4n) is 1.60. The summed E-state index contributed by atoms with van der Waals surface area (Å²) in [7, 11) is 0. The fourth-order valence-corrected chi connectivity index (χ4v) is 1.60. The maximum atomic E-state index is 13.4. The number of nitrogens with zero attached hydrogens (tertiary/aromatic N) is 2. The van der Waals surface area contributed by atoms with Crippen LogP contribution < -0.4 is 4.74 Å². The standard InChI is InChI=1S/C14H17FN2O2/c1-3-17(8-4-7-16)14(18)10-19-13-9-11(2)5-6-12(13)15/h5-6,9H,3-4,8,10H2,1-2H3. The van der Waals surface area contributed by atoms with Crippen molar-refractivity contribution in [3.05, 3.63) is 29.6 Å². The Hall–Kier alpha value is -2.09. The van der Waals surface area contributed by atoms with Gasteiger partial charge in [-0.1, -0.05) is 6.07 Å². The molecule has 1 amide bonds. The molecule has 19 heavy (non-hydrogen) atoms. The van der Waals surface area contributed by atoms with Crippen molar-refractivity contribution in [1.29, 1.82) is 5.26 Å². The molecule has 0 unspecified atom stereocenters. The average molecular weight is 264 g/mol. The van der Waals surface area contributed by atoms with E-state index in [1.807, 2.05) is 19.9 Å². The lowest BCUT2D eigenvalue weighted by Crippen LogP contribution is -2.35. The van der Waals surface area contributed by atoms with Gasteiger partial charge in [0.1, 0.15) is 0 Å². The minimum Gasteiger partial charge on any atom is -0.481 e. The second-order valence-electron chi connectivity index (χ2n) is 4.10. The number of carbonyl (C=O) groups excluding carboxylic acids is 1. The third-order valence-electron chi connectivity index (χ3n) is 2.67. The third-order valence-corrected chi connectivity index (χ3v) is 2.67. The Bertz CT molecular complexity index is 483. The summed E-state index contributed by atoms with van der Waals surface area (Å²) in [6.07, 6.45) is 0.276. The van der Waals surface area contributed by atoms with E-state index >= 15 is 0 Å². The van der Waals surface area contributed by atoms with Crippen LogP contribution in [0.25, 0.3) is 0 Å². The second-order valence-corrected chi connectivity index (χ2v) is 4.10. The van der Waals surface area contributed by atoms with Crippen LogP contribution in [0, 0.1) is 24.1 Å². The predicted octanol–water partition coefficient (Wildman–Crippen LogP) is 2.28. The molecule has 0 heterocycles. The Morgan fingerprint density at radius 2 is 2.26 bits per heavy atom. The number of rotatable bonds is 6. The van der Waals surface area contributed by atoms with Crippen LogP contribution in [0.3, 0.4) is 0 Å². The molecule has 5 heteroatoms. The van der Waals surface area contributed by atoms with Crippen LogP contribution in [0.2, 0.25) is 0 Å². The Labute approximate surface area is 112 Å². The quantitative estimate of drug-likeness (QED) is 0.792. The summed E-state index contributed by atoms with van der Waals surface area (Å²) < 4.78 is 18.6. The zero-order chi connectivity index (χ0) is 14.3. The highest BCUT2D eigenvalue weighted by Gasteiger charge is 2.13. The van der Waals surface area contributed by atoms with Crippen molar-refractivity contribution in [1.82, 2.24) is 4.90 Å². The van der Waals surface area contributed by atoms with Gasteiger partial charge >= 0.3 is 0 Å². The number of nitriles is 1. The van der Waals surface area contributed by atoms with Crippen LogP contribution in [-0.4, -0.2) is 30.5 Å². The Morgan fingerprint density at radius 1 is 1.53 bits per heavy atom. The molecular formula is C14H17FN2O2. The van der Waals surface area contributed by atoms with Crippen LogP contribution >= 0.6 is 0 Å². The molecule has 0 aliphatic carbocycles. The van der Waals surface area contributed by atoms with Gasteiger partial charge in [0, 0.05) is 13.1 Å². The molecule has 4 nitrogen and oxygen atoms in total. The zero-order valence-electron chi connectivity index (χ0n) is 11.1. The first-order chi connectivity index (χ1) is 9.08. The SMILES string of the molecule is CCN(CCC#N)C(=O)COc1cc(C)ccc1F. The van der Waals surface area contributed by atoms with Gasteiger partial charge in [-0.3, -0.25) is 4.79 Å². The number of carbonyl (C=O) groups is 1. The molecule has 0 saturated carbocycles. The maximum Gasteiger partial charge on any atom is 0.260 e. The van der Waals surface area contributed by atoms with Crippen molar-refractivity contribution in [2.45, 2.75) is 20.3 Å². The van der Waals surface area contributed by atoms with Crippen LogP contribution in [0.5, 0.6) is 5.75 Å². The molecule has 0 radical (unpaired) electrons. The molecule has 0 spiro atoms. The maximum absolute atomic E-state index is 13.4. The highest BCUT2D eigenvalue weighted by Crippen LogP contribution is 2.18. The van der Waals surface area contributed by atoms with E-state index in [0.717, 1.165) is 5.56 Å². The van der Waals surface area contributed by atoms with Gasteiger partial charge in [0.2, 0.25) is 0 Å².